The fourth-order valence-electron chi connectivity index (χ4n) is 4.22. The van der Waals surface area contributed by atoms with Crippen molar-refractivity contribution in [2.75, 3.05) is 34.4 Å². The predicted molar refractivity (Wildman–Crippen MR) is 134 cm³/mol. The molecule has 4 rings (SSSR count). The third-order valence-corrected chi connectivity index (χ3v) is 7.19. The molecule has 1 saturated heterocycles. The standard InChI is InChI=1S/C26H28FN3O5S/c1-33-21-9-8-19(22(34-2)23(21)35-3)26(32)30-12-10-17(11-13-30)25-29-20(15-36-25)24(31)28-14-16-4-6-18(27)7-5-16/h4-9,15,17H,10-14H2,1-3H3,(H,28,31). The first kappa shape index (κ1) is 25.4. The number of benzene rings is 2. The number of hydrogen-bond donors (Lipinski definition) is 1. The van der Waals surface area contributed by atoms with Crippen LogP contribution in [0.5, 0.6) is 17.2 Å². The summed E-state index contributed by atoms with van der Waals surface area (Å²) in [4.78, 5) is 32.1. The van der Waals surface area contributed by atoms with Crippen LogP contribution in [0, 0.1) is 5.82 Å². The van der Waals surface area contributed by atoms with Crippen molar-refractivity contribution in [3.8, 4) is 17.2 Å². The normalized spacial score (nSPS) is 13.8. The number of amides is 2. The van der Waals surface area contributed by atoms with Crippen molar-refractivity contribution in [2.45, 2.75) is 25.3 Å². The number of aromatic nitrogens is 1. The van der Waals surface area contributed by atoms with Crippen molar-refractivity contribution >= 4 is 23.2 Å². The Labute approximate surface area is 213 Å². The van der Waals surface area contributed by atoms with Gasteiger partial charge in [-0.3, -0.25) is 9.59 Å². The van der Waals surface area contributed by atoms with Gasteiger partial charge in [-0.15, -0.1) is 11.3 Å². The Hall–Kier alpha value is -3.66. The second-order valence-electron chi connectivity index (χ2n) is 8.33. The molecule has 8 nitrogen and oxygen atoms in total. The molecule has 0 radical (unpaired) electrons. The number of methoxy groups -OCH3 is 3. The highest BCUT2D eigenvalue weighted by Gasteiger charge is 2.29. The van der Waals surface area contributed by atoms with Crippen molar-refractivity contribution < 1.29 is 28.2 Å². The fourth-order valence-corrected chi connectivity index (χ4v) is 5.20. The molecule has 1 aliphatic heterocycles. The first-order valence-corrected chi connectivity index (χ1v) is 12.4. The van der Waals surface area contributed by atoms with E-state index in [-0.39, 0.29) is 23.5 Å². The van der Waals surface area contributed by atoms with E-state index in [2.05, 4.69) is 10.3 Å². The molecule has 2 aromatic carbocycles. The summed E-state index contributed by atoms with van der Waals surface area (Å²) in [6.07, 6.45) is 1.48. The molecule has 0 aliphatic carbocycles. The highest BCUT2D eigenvalue weighted by molar-refractivity contribution is 7.09. The molecule has 0 bridgehead atoms. The van der Waals surface area contributed by atoms with Crippen LogP contribution < -0.4 is 19.5 Å². The molecular weight excluding hydrogens is 485 g/mol. The number of likely N-dealkylation sites (tertiary alicyclic amines) is 1. The van der Waals surface area contributed by atoms with Crippen molar-refractivity contribution in [3.05, 3.63) is 69.4 Å². The van der Waals surface area contributed by atoms with Crippen LogP contribution in [0.1, 0.15) is 50.2 Å². The molecule has 2 heterocycles. The molecule has 1 aliphatic rings. The lowest BCUT2D eigenvalue weighted by atomic mass is 9.97. The zero-order valence-corrected chi connectivity index (χ0v) is 21.2. The zero-order valence-electron chi connectivity index (χ0n) is 20.4. The van der Waals surface area contributed by atoms with E-state index in [1.54, 1.807) is 34.5 Å². The van der Waals surface area contributed by atoms with Gasteiger partial charge in [-0.25, -0.2) is 9.37 Å². The minimum absolute atomic E-state index is 0.133. The number of nitrogens with zero attached hydrogens (tertiary/aromatic N) is 2. The van der Waals surface area contributed by atoms with Crippen molar-refractivity contribution in [2.24, 2.45) is 0 Å². The molecule has 10 heteroatoms. The van der Waals surface area contributed by atoms with Crippen LogP contribution in [-0.4, -0.2) is 56.1 Å². The number of hydrogen-bond acceptors (Lipinski definition) is 7. The summed E-state index contributed by atoms with van der Waals surface area (Å²) in [6.45, 7) is 1.42. The van der Waals surface area contributed by atoms with Crippen LogP contribution in [0.25, 0.3) is 0 Å². The van der Waals surface area contributed by atoms with E-state index in [0.717, 1.165) is 23.4 Å². The second-order valence-corrected chi connectivity index (χ2v) is 9.22. The van der Waals surface area contributed by atoms with Crippen molar-refractivity contribution in [1.82, 2.24) is 15.2 Å². The molecule has 2 amide bonds. The summed E-state index contributed by atoms with van der Waals surface area (Å²) in [5.41, 5.74) is 1.59. The Balaban J connectivity index is 1.36. The van der Waals surface area contributed by atoms with Crippen LogP contribution >= 0.6 is 11.3 Å². The Morgan fingerprint density at radius 2 is 1.72 bits per heavy atom. The Morgan fingerprint density at radius 3 is 2.36 bits per heavy atom. The maximum atomic E-state index is 13.3. The Bertz CT molecular complexity index is 1220. The van der Waals surface area contributed by atoms with Crippen molar-refractivity contribution in [3.63, 3.8) is 0 Å². The molecule has 0 spiro atoms. The van der Waals surface area contributed by atoms with Crippen LogP contribution in [0.3, 0.4) is 0 Å². The minimum atomic E-state index is -0.315. The van der Waals surface area contributed by atoms with E-state index in [9.17, 15) is 14.0 Å². The summed E-state index contributed by atoms with van der Waals surface area (Å²) in [7, 11) is 4.53. The number of carbonyl (C=O) groups is 2. The average Bonchev–Trinajstić information content (AvgIpc) is 3.42. The van der Waals surface area contributed by atoms with E-state index < -0.39 is 0 Å². The Morgan fingerprint density at radius 1 is 1.03 bits per heavy atom. The molecule has 0 saturated carbocycles. The van der Waals surface area contributed by atoms with Gasteiger partial charge in [0, 0.05) is 30.9 Å². The summed E-state index contributed by atoms with van der Waals surface area (Å²) in [6, 6.07) is 9.37. The van der Waals surface area contributed by atoms with Crippen LogP contribution in [0.2, 0.25) is 0 Å². The first-order chi connectivity index (χ1) is 17.4. The van der Waals surface area contributed by atoms with Gasteiger partial charge in [-0.05, 0) is 42.7 Å². The molecule has 0 unspecified atom stereocenters. The van der Waals surface area contributed by atoms with Gasteiger partial charge in [0.25, 0.3) is 11.8 Å². The maximum Gasteiger partial charge on any atom is 0.271 e. The maximum absolute atomic E-state index is 13.3. The monoisotopic (exact) mass is 513 g/mol. The molecule has 36 heavy (non-hydrogen) atoms. The van der Waals surface area contributed by atoms with E-state index in [1.807, 2.05) is 0 Å². The van der Waals surface area contributed by atoms with Crippen molar-refractivity contribution in [1.29, 1.82) is 0 Å². The summed E-state index contributed by atoms with van der Waals surface area (Å²) >= 11 is 1.45. The third kappa shape index (κ3) is 5.43. The lowest BCUT2D eigenvalue weighted by Gasteiger charge is -2.31. The molecule has 1 fully saturated rings. The number of rotatable bonds is 8. The lowest BCUT2D eigenvalue weighted by Crippen LogP contribution is -2.38. The lowest BCUT2D eigenvalue weighted by molar-refractivity contribution is 0.0708. The number of thiazole rings is 1. The van der Waals surface area contributed by atoms with Gasteiger partial charge >= 0.3 is 0 Å². The number of piperidine rings is 1. The number of halogens is 1. The average molecular weight is 514 g/mol. The van der Waals surface area contributed by atoms with E-state index >= 15 is 0 Å². The highest BCUT2D eigenvalue weighted by atomic mass is 32.1. The number of ether oxygens (including phenoxy) is 3. The van der Waals surface area contributed by atoms with E-state index in [1.165, 1.54) is 44.8 Å². The highest BCUT2D eigenvalue weighted by Crippen LogP contribution is 2.40. The minimum Gasteiger partial charge on any atom is -0.493 e. The Kier molecular flexibility index (Phi) is 8.04. The van der Waals surface area contributed by atoms with Gasteiger partial charge in [0.2, 0.25) is 5.75 Å². The SMILES string of the molecule is COc1ccc(C(=O)N2CCC(c3nc(C(=O)NCc4ccc(F)cc4)cs3)CC2)c(OC)c1OC. The topological polar surface area (TPSA) is 90.0 Å². The van der Waals surface area contributed by atoms with Gasteiger partial charge in [-0.2, -0.15) is 0 Å². The molecule has 1 N–H and O–H groups in total. The molecule has 3 aromatic rings. The first-order valence-electron chi connectivity index (χ1n) is 11.5. The van der Waals surface area contributed by atoms with Crippen LogP contribution in [0.15, 0.2) is 41.8 Å². The van der Waals surface area contributed by atoms with Gasteiger partial charge in [0.05, 0.1) is 31.9 Å². The van der Waals surface area contributed by atoms with Gasteiger partial charge < -0.3 is 24.4 Å². The van der Waals surface area contributed by atoms with Gasteiger partial charge in [0.1, 0.15) is 11.5 Å². The summed E-state index contributed by atoms with van der Waals surface area (Å²) in [5, 5.41) is 5.46. The second kappa shape index (κ2) is 11.4. The smallest absolute Gasteiger partial charge is 0.271 e. The van der Waals surface area contributed by atoms with Crippen LogP contribution in [0.4, 0.5) is 4.39 Å². The summed E-state index contributed by atoms with van der Waals surface area (Å²) < 4.78 is 29.2. The van der Waals surface area contributed by atoms with E-state index in [0.29, 0.717) is 48.1 Å². The quantitative estimate of drug-likeness (QED) is 0.484. The largest absolute Gasteiger partial charge is 0.493 e. The third-order valence-electron chi connectivity index (χ3n) is 6.19. The number of carbonyl (C=O) groups excluding carboxylic acids is 2. The van der Waals surface area contributed by atoms with E-state index in [4.69, 9.17) is 14.2 Å². The zero-order chi connectivity index (χ0) is 25.7. The fraction of sp³-hybridized carbons (Fsp3) is 0.346. The van der Waals surface area contributed by atoms with Crippen LogP contribution in [-0.2, 0) is 6.54 Å². The number of nitrogens with one attached hydrogen (secondary N) is 1. The molecule has 190 valence electrons. The molecule has 0 atom stereocenters. The molecular formula is C26H28FN3O5S. The molecule has 1 aromatic heterocycles. The van der Waals surface area contributed by atoms with Gasteiger partial charge in [0.15, 0.2) is 11.5 Å². The van der Waals surface area contributed by atoms with Gasteiger partial charge in [-0.1, -0.05) is 12.1 Å². The summed E-state index contributed by atoms with van der Waals surface area (Å²) in [5.74, 6) is 0.677. The predicted octanol–water partition coefficient (Wildman–Crippen LogP) is 4.26.